The van der Waals surface area contributed by atoms with Crippen LogP contribution in [0.2, 0.25) is 0 Å². The standard InChI is InChI=1S/C22H18N2S/c1-4-10-18(11-5-1)16-21-17-25-22(23-19-12-6-2-7-13-19)24(21)20-14-8-3-9-15-20/h1-15,17H,16H2. The molecule has 4 rings (SSSR count). The molecule has 3 heteroatoms. The van der Waals surface area contributed by atoms with Gasteiger partial charge >= 0.3 is 0 Å². The molecule has 122 valence electrons. The second-order valence-corrected chi connectivity index (χ2v) is 6.63. The summed E-state index contributed by atoms with van der Waals surface area (Å²) in [7, 11) is 0. The van der Waals surface area contributed by atoms with E-state index in [2.05, 4.69) is 64.5 Å². The SMILES string of the molecule is c1ccc(Cc2csc(=Nc3ccccc3)n2-c2ccccc2)cc1. The molecule has 0 radical (unpaired) electrons. The lowest BCUT2D eigenvalue weighted by Gasteiger charge is -2.09. The zero-order chi connectivity index (χ0) is 16.9. The molecular formula is C22H18N2S. The number of hydrogen-bond acceptors (Lipinski definition) is 2. The largest absolute Gasteiger partial charge is 0.289 e. The molecule has 1 heterocycles. The molecule has 0 saturated heterocycles. The Hall–Kier alpha value is -2.91. The second kappa shape index (κ2) is 7.32. The molecule has 0 saturated carbocycles. The summed E-state index contributed by atoms with van der Waals surface area (Å²) in [6, 6.07) is 31.1. The van der Waals surface area contributed by atoms with Crippen molar-refractivity contribution in [3.8, 4) is 5.69 Å². The van der Waals surface area contributed by atoms with E-state index in [1.54, 1.807) is 11.3 Å². The van der Waals surface area contributed by atoms with Crippen LogP contribution in [0, 0.1) is 0 Å². The molecule has 0 aliphatic heterocycles. The molecule has 0 bridgehead atoms. The Labute approximate surface area is 151 Å². The summed E-state index contributed by atoms with van der Waals surface area (Å²) < 4.78 is 2.25. The van der Waals surface area contributed by atoms with Gasteiger partial charge in [-0.2, -0.15) is 0 Å². The number of thiazole rings is 1. The monoisotopic (exact) mass is 342 g/mol. The maximum absolute atomic E-state index is 4.86. The minimum Gasteiger partial charge on any atom is -0.289 e. The normalized spacial score (nSPS) is 11.6. The van der Waals surface area contributed by atoms with Gasteiger partial charge in [-0.1, -0.05) is 66.7 Å². The van der Waals surface area contributed by atoms with E-state index in [1.807, 2.05) is 36.4 Å². The molecule has 0 fully saturated rings. The zero-order valence-electron chi connectivity index (χ0n) is 13.7. The fourth-order valence-electron chi connectivity index (χ4n) is 2.82. The summed E-state index contributed by atoms with van der Waals surface area (Å²) in [5, 5.41) is 2.21. The van der Waals surface area contributed by atoms with Gasteiger partial charge in [0.15, 0.2) is 4.80 Å². The van der Waals surface area contributed by atoms with Crippen LogP contribution in [0.25, 0.3) is 5.69 Å². The summed E-state index contributed by atoms with van der Waals surface area (Å²) in [5.74, 6) is 0. The highest BCUT2D eigenvalue weighted by Crippen LogP contribution is 2.17. The van der Waals surface area contributed by atoms with Gasteiger partial charge in [0.1, 0.15) is 0 Å². The van der Waals surface area contributed by atoms with Crippen LogP contribution >= 0.6 is 11.3 Å². The highest BCUT2D eigenvalue weighted by molar-refractivity contribution is 7.07. The highest BCUT2D eigenvalue weighted by Gasteiger charge is 2.08. The van der Waals surface area contributed by atoms with Crippen LogP contribution in [0.5, 0.6) is 0 Å². The van der Waals surface area contributed by atoms with Crippen LogP contribution in [-0.4, -0.2) is 4.57 Å². The lowest BCUT2D eigenvalue weighted by atomic mass is 10.1. The van der Waals surface area contributed by atoms with Crippen molar-refractivity contribution in [1.29, 1.82) is 0 Å². The van der Waals surface area contributed by atoms with E-state index in [4.69, 9.17) is 4.99 Å². The topological polar surface area (TPSA) is 17.3 Å². The van der Waals surface area contributed by atoms with Gasteiger partial charge in [0.05, 0.1) is 5.69 Å². The lowest BCUT2D eigenvalue weighted by Crippen LogP contribution is -2.15. The molecule has 0 aliphatic carbocycles. The first-order valence-electron chi connectivity index (χ1n) is 8.29. The van der Waals surface area contributed by atoms with Crippen molar-refractivity contribution in [3.63, 3.8) is 0 Å². The molecule has 0 spiro atoms. The van der Waals surface area contributed by atoms with Crippen molar-refractivity contribution in [2.24, 2.45) is 4.99 Å². The molecule has 0 N–H and O–H groups in total. The maximum atomic E-state index is 4.86. The molecule has 0 atom stereocenters. The molecule has 0 unspecified atom stereocenters. The van der Waals surface area contributed by atoms with Crippen LogP contribution in [0.4, 0.5) is 5.69 Å². The molecule has 25 heavy (non-hydrogen) atoms. The van der Waals surface area contributed by atoms with E-state index < -0.39 is 0 Å². The first kappa shape index (κ1) is 15.6. The van der Waals surface area contributed by atoms with E-state index >= 15 is 0 Å². The molecule has 3 aromatic carbocycles. The van der Waals surface area contributed by atoms with E-state index in [-0.39, 0.29) is 0 Å². The summed E-state index contributed by atoms with van der Waals surface area (Å²) in [6.45, 7) is 0. The predicted molar refractivity (Wildman–Crippen MR) is 105 cm³/mol. The molecule has 0 aliphatic rings. The third-order valence-electron chi connectivity index (χ3n) is 4.00. The zero-order valence-corrected chi connectivity index (χ0v) is 14.6. The smallest absolute Gasteiger partial charge is 0.194 e. The Kier molecular flexibility index (Phi) is 4.57. The van der Waals surface area contributed by atoms with Gasteiger partial charge in [0, 0.05) is 23.2 Å². The van der Waals surface area contributed by atoms with E-state index in [0.29, 0.717) is 0 Å². The van der Waals surface area contributed by atoms with Crippen LogP contribution in [0.3, 0.4) is 0 Å². The average Bonchev–Trinajstić information content (AvgIpc) is 3.06. The first-order chi connectivity index (χ1) is 12.4. The quantitative estimate of drug-likeness (QED) is 0.475. The summed E-state index contributed by atoms with van der Waals surface area (Å²) in [6.07, 6.45) is 0.885. The summed E-state index contributed by atoms with van der Waals surface area (Å²) in [4.78, 5) is 5.85. The predicted octanol–water partition coefficient (Wildman–Crippen LogP) is 5.36. The fourth-order valence-corrected chi connectivity index (χ4v) is 3.73. The number of aromatic nitrogens is 1. The average molecular weight is 342 g/mol. The maximum Gasteiger partial charge on any atom is 0.194 e. The Balaban J connectivity index is 1.84. The summed E-state index contributed by atoms with van der Waals surface area (Å²) >= 11 is 1.68. The van der Waals surface area contributed by atoms with Crippen molar-refractivity contribution in [3.05, 3.63) is 112 Å². The summed E-state index contributed by atoms with van der Waals surface area (Å²) in [5.41, 5.74) is 4.66. The van der Waals surface area contributed by atoms with Gasteiger partial charge in [-0.15, -0.1) is 11.3 Å². The van der Waals surface area contributed by atoms with Gasteiger partial charge in [-0.25, -0.2) is 4.99 Å². The molecule has 0 amide bonds. The van der Waals surface area contributed by atoms with Crippen LogP contribution in [-0.2, 0) is 6.42 Å². The number of benzene rings is 3. The minimum atomic E-state index is 0.885. The molecule has 1 aromatic heterocycles. The highest BCUT2D eigenvalue weighted by atomic mass is 32.1. The number of nitrogens with zero attached hydrogens (tertiary/aromatic N) is 2. The van der Waals surface area contributed by atoms with Gasteiger partial charge in [0.25, 0.3) is 0 Å². The van der Waals surface area contributed by atoms with Gasteiger partial charge < -0.3 is 0 Å². The Bertz CT molecular complexity index is 1000. The lowest BCUT2D eigenvalue weighted by molar-refractivity contribution is 0.913. The van der Waals surface area contributed by atoms with E-state index in [1.165, 1.54) is 11.3 Å². The van der Waals surface area contributed by atoms with E-state index in [9.17, 15) is 0 Å². The van der Waals surface area contributed by atoms with E-state index in [0.717, 1.165) is 22.6 Å². The molecule has 4 aromatic rings. The number of hydrogen-bond donors (Lipinski definition) is 0. The van der Waals surface area contributed by atoms with Crippen molar-refractivity contribution >= 4 is 17.0 Å². The third kappa shape index (κ3) is 3.62. The van der Waals surface area contributed by atoms with Gasteiger partial charge in [0.2, 0.25) is 0 Å². The van der Waals surface area contributed by atoms with Crippen LogP contribution < -0.4 is 4.80 Å². The number of rotatable bonds is 4. The van der Waals surface area contributed by atoms with Crippen molar-refractivity contribution in [2.75, 3.05) is 0 Å². The molecular weight excluding hydrogens is 324 g/mol. The Morgan fingerprint density at radius 1 is 0.720 bits per heavy atom. The van der Waals surface area contributed by atoms with Crippen LogP contribution in [0.15, 0.2) is 101 Å². The number of para-hydroxylation sites is 2. The van der Waals surface area contributed by atoms with Gasteiger partial charge in [-0.3, -0.25) is 4.57 Å². The van der Waals surface area contributed by atoms with Crippen molar-refractivity contribution < 1.29 is 0 Å². The van der Waals surface area contributed by atoms with Crippen molar-refractivity contribution in [2.45, 2.75) is 6.42 Å². The Morgan fingerprint density at radius 3 is 2.00 bits per heavy atom. The van der Waals surface area contributed by atoms with Crippen molar-refractivity contribution in [1.82, 2.24) is 4.57 Å². The third-order valence-corrected chi connectivity index (χ3v) is 4.88. The Morgan fingerprint density at radius 2 is 1.32 bits per heavy atom. The minimum absolute atomic E-state index is 0.885. The van der Waals surface area contributed by atoms with Gasteiger partial charge in [-0.05, 0) is 29.8 Å². The first-order valence-corrected chi connectivity index (χ1v) is 9.17. The molecule has 2 nitrogen and oxygen atoms in total. The second-order valence-electron chi connectivity index (χ2n) is 5.79. The fraction of sp³-hybridized carbons (Fsp3) is 0.0455. The van der Waals surface area contributed by atoms with Crippen LogP contribution in [0.1, 0.15) is 11.3 Å².